The summed E-state index contributed by atoms with van der Waals surface area (Å²) in [5.41, 5.74) is 2.49. The number of halogens is 5. The summed E-state index contributed by atoms with van der Waals surface area (Å²) >= 11 is 0. The molecule has 1 amide bonds. The van der Waals surface area contributed by atoms with Gasteiger partial charge in [0, 0.05) is 49.2 Å². The molecule has 0 aliphatic carbocycles. The highest BCUT2D eigenvalue weighted by molar-refractivity contribution is 5.83. The van der Waals surface area contributed by atoms with Crippen molar-refractivity contribution in [2.75, 3.05) is 6.54 Å². The van der Waals surface area contributed by atoms with Crippen molar-refractivity contribution in [3.05, 3.63) is 160 Å². The van der Waals surface area contributed by atoms with Crippen LogP contribution in [0.25, 0.3) is 22.0 Å². The second kappa shape index (κ2) is 14.9. The van der Waals surface area contributed by atoms with Gasteiger partial charge in [0.25, 0.3) is 0 Å². The van der Waals surface area contributed by atoms with Gasteiger partial charge in [-0.1, -0.05) is 60.7 Å². The lowest BCUT2D eigenvalue weighted by Crippen LogP contribution is -2.35. The Hall–Kier alpha value is -5.58. The summed E-state index contributed by atoms with van der Waals surface area (Å²) in [4.78, 5) is 33.1. The highest BCUT2D eigenvalue weighted by Crippen LogP contribution is 2.31. The number of benzene rings is 4. The first-order chi connectivity index (χ1) is 24.1. The van der Waals surface area contributed by atoms with E-state index < -0.39 is 23.4 Å². The van der Waals surface area contributed by atoms with Crippen molar-refractivity contribution >= 4 is 16.8 Å². The normalized spacial score (nSPS) is 11.6. The minimum atomic E-state index is -4.42. The molecule has 256 valence electrons. The largest absolute Gasteiger partial charge is 0.416 e. The fourth-order valence-electron chi connectivity index (χ4n) is 6.04. The lowest BCUT2D eigenvalue weighted by molar-refractivity contribution is -0.137. The van der Waals surface area contributed by atoms with E-state index >= 15 is 0 Å². The molecule has 0 fully saturated rings. The fourth-order valence-corrected chi connectivity index (χ4v) is 6.04. The van der Waals surface area contributed by atoms with Gasteiger partial charge in [-0.3, -0.25) is 9.59 Å². The topological polar surface area (TPSA) is 60.1 Å². The standard InChI is InChI=1S/C39H33F5N4O2/c40-34-7-3-5-30(38(34)41)15-18-32-23-36(49)33-6-1-2-8-35(33)48(32)25-37(50)47(21-4-20-46-22-19-45-26-46)24-27-9-11-28(12-10-27)29-13-16-31(17-14-29)39(42,43)44/h1-3,5-14,16-17,19,22-23,26H,4,15,18,20-21,24-25H2. The molecular formula is C39H33F5N4O2. The van der Waals surface area contributed by atoms with E-state index in [1.807, 2.05) is 35.0 Å². The minimum absolute atomic E-state index is 0.101. The molecule has 2 aromatic heterocycles. The molecule has 0 spiro atoms. The number of alkyl halides is 3. The SMILES string of the molecule is O=C(Cn1c(CCc2cccc(F)c2F)cc(=O)c2ccccc21)N(CCCn1ccnc1)Cc1ccc(-c2ccc(C(F)(F)F)cc2)cc1. The monoisotopic (exact) mass is 684 g/mol. The van der Waals surface area contributed by atoms with Crippen LogP contribution in [0.3, 0.4) is 0 Å². The van der Waals surface area contributed by atoms with Gasteiger partial charge in [0.15, 0.2) is 17.1 Å². The van der Waals surface area contributed by atoms with Gasteiger partial charge in [-0.15, -0.1) is 0 Å². The number of imidazole rings is 1. The molecule has 6 nitrogen and oxygen atoms in total. The molecule has 0 N–H and O–H groups in total. The van der Waals surface area contributed by atoms with Gasteiger partial charge in [-0.2, -0.15) is 13.2 Å². The number of rotatable bonds is 12. The zero-order valence-electron chi connectivity index (χ0n) is 26.9. The van der Waals surface area contributed by atoms with E-state index in [0.29, 0.717) is 41.7 Å². The van der Waals surface area contributed by atoms with Crippen LogP contribution in [0.1, 0.15) is 28.8 Å². The number of hydrogen-bond donors (Lipinski definition) is 0. The number of aromatic nitrogens is 3. The Bertz CT molecular complexity index is 2140. The molecule has 4 aromatic carbocycles. The van der Waals surface area contributed by atoms with E-state index in [0.717, 1.165) is 29.3 Å². The third-order valence-electron chi connectivity index (χ3n) is 8.71. The van der Waals surface area contributed by atoms with Gasteiger partial charge < -0.3 is 14.0 Å². The number of amides is 1. The molecule has 6 rings (SSSR count). The molecule has 11 heteroatoms. The zero-order chi connectivity index (χ0) is 35.3. The number of fused-ring (bicyclic) bond motifs is 1. The lowest BCUT2D eigenvalue weighted by atomic mass is 10.0. The zero-order valence-corrected chi connectivity index (χ0v) is 26.9. The summed E-state index contributed by atoms with van der Waals surface area (Å²) in [5, 5.41) is 0.437. The first-order valence-electron chi connectivity index (χ1n) is 16.1. The number of aryl methyl sites for hydroxylation is 3. The number of hydrogen-bond acceptors (Lipinski definition) is 3. The Morgan fingerprint density at radius 1 is 0.840 bits per heavy atom. The summed E-state index contributed by atoms with van der Waals surface area (Å²) in [6, 6.07) is 24.7. The van der Waals surface area contributed by atoms with Crippen molar-refractivity contribution in [3.8, 4) is 11.1 Å². The van der Waals surface area contributed by atoms with Gasteiger partial charge in [0.1, 0.15) is 6.54 Å². The van der Waals surface area contributed by atoms with Crippen LogP contribution in [0.4, 0.5) is 22.0 Å². The minimum Gasteiger partial charge on any atom is -0.337 e. The van der Waals surface area contributed by atoms with Crippen LogP contribution in [-0.2, 0) is 43.4 Å². The fraction of sp³-hybridized carbons (Fsp3) is 0.205. The third kappa shape index (κ3) is 7.99. The maximum Gasteiger partial charge on any atom is 0.416 e. The summed E-state index contributed by atoms with van der Waals surface area (Å²) in [6.45, 7) is 1.19. The maximum absolute atomic E-state index is 14.5. The molecule has 0 saturated heterocycles. The van der Waals surface area contributed by atoms with Crippen LogP contribution in [0.2, 0.25) is 0 Å². The van der Waals surface area contributed by atoms with Crippen molar-refractivity contribution in [1.29, 1.82) is 0 Å². The Balaban J connectivity index is 1.26. The lowest BCUT2D eigenvalue weighted by Gasteiger charge is -2.25. The highest BCUT2D eigenvalue weighted by Gasteiger charge is 2.30. The Labute approximate surface area is 285 Å². The molecule has 0 bridgehead atoms. The smallest absolute Gasteiger partial charge is 0.337 e. The van der Waals surface area contributed by atoms with E-state index in [1.165, 1.54) is 30.3 Å². The average Bonchev–Trinajstić information content (AvgIpc) is 3.63. The molecule has 0 atom stereocenters. The molecule has 0 aliphatic heterocycles. The number of para-hydroxylation sites is 1. The number of carbonyl (C=O) groups excluding carboxylic acids is 1. The van der Waals surface area contributed by atoms with Crippen LogP contribution in [0.15, 0.2) is 121 Å². The molecule has 0 unspecified atom stereocenters. The predicted molar refractivity (Wildman–Crippen MR) is 181 cm³/mol. The molecule has 6 aromatic rings. The number of pyridine rings is 1. The van der Waals surface area contributed by atoms with E-state index in [1.54, 1.807) is 46.3 Å². The quantitative estimate of drug-likeness (QED) is 0.123. The van der Waals surface area contributed by atoms with Crippen molar-refractivity contribution in [1.82, 2.24) is 19.0 Å². The molecule has 2 heterocycles. The third-order valence-corrected chi connectivity index (χ3v) is 8.71. The Morgan fingerprint density at radius 3 is 2.26 bits per heavy atom. The van der Waals surface area contributed by atoms with Crippen molar-refractivity contribution in [2.24, 2.45) is 0 Å². The van der Waals surface area contributed by atoms with Crippen LogP contribution in [-0.4, -0.2) is 31.5 Å². The van der Waals surface area contributed by atoms with Gasteiger partial charge in [0.2, 0.25) is 5.91 Å². The molecule has 0 aliphatic rings. The van der Waals surface area contributed by atoms with E-state index in [9.17, 15) is 31.5 Å². The van der Waals surface area contributed by atoms with Crippen LogP contribution >= 0.6 is 0 Å². The number of nitrogens with zero attached hydrogens (tertiary/aromatic N) is 4. The van der Waals surface area contributed by atoms with Crippen molar-refractivity contribution < 1.29 is 26.7 Å². The molecule has 50 heavy (non-hydrogen) atoms. The maximum atomic E-state index is 14.5. The second-order valence-electron chi connectivity index (χ2n) is 12.1. The summed E-state index contributed by atoms with van der Waals surface area (Å²) in [6.07, 6.45) is 1.74. The van der Waals surface area contributed by atoms with Gasteiger partial charge in [-0.05, 0) is 71.8 Å². The first kappa shape index (κ1) is 34.3. The molecular weight excluding hydrogens is 651 g/mol. The van der Waals surface area contributed by atoms with Crippen molar-refractivity contribution in [2.45, 2.75) is 45.1 Å². The predicted octanol–water partition coefficient (Wildman–Crippen LogP) is 8.07. The van der Waals surface area contributed by atoms with Crippen LogP contribution in [0, 0.1) is 11.6 Å². The van der Waals surface area contributed by atoms with Gasteiger partial charge >= 0.3 is 6.18 Å². The summed E-state index contributed by atoms with van der Waals surface area (Å²) in [7, 11) is 0. The number of carbonyl (C=O) groups is 1. The van der Waals surface area contributed by atoms with E-state index in [-0.39, 0.29) is 42.8 Å². The average molecular weight is 685 g/mol. The summed E-state index contributed by atoms with van der Waals surface area (Å²) in [5.74, 6) is -2.10. The van der Waals surface area contributed by atoms with E-state index in [4.69, 9.17) is 0 Å². The highest BCUT2D eigenvalue weighted by atomic mass is 19.4. The molecule has 0 radical (unpaired) electrons. The van der Waals surface area contributed by atoms with Gasteiger partial charge in [-0.25, -0.2) is 13.8 Å². The van der Waals surface area contributed by atoms with Crippen LogP contribution < -0.4 is 5.43 Å². The summed E-state index contributed by atoms with van der Waals surface area (Å²) < 4.78 is 71.3. The van der Waals surface area contributed by atoms with Crippen LogP contribution in [0.5, 0.6) is 0 Å². The van der Waals surface area contributed by atoms with E-state index in [2.05, 4.69) is 4.98 Å². The van der Waals surface area contributed by atoms with Gasteiger partial charge in [0.05, 0.1) is 17.4 Å². The Morgan fingerprint density at radius 2 is 1.56 bits per heavy atom. The first-order valence-corrected chi connectivity index (χ1v) is 16.1. The molecule has 0 saturated carbocycles. The Kier molecular flexibility index (Phi) is 10.2. The second-order valence-corrected chi connectivity index (χ2v) is 12.1. The van der Waals surface area contributed by atoms with Crippen molar-refractivity contribution in [3.63, 3.8) is 0 Å².